The molecule has 0 saturated carbocycles. The van der Waals surface area contributed by atoms with Gasteiger partial charge in [-0.2, -0.15) is 0 Å². The number of anilines is 1. The first kappa shape index (κ1) is 22.5. The quantitative estimate of drug-likeness (QED) is 0.552. The number of hydrogen-bond acceptors (Lipinski definition) is 3. The number of benzene rings is 1. The van der Waals surface area contributed by atoms with Gasteiger partial charge in [-0.25, -0.2) is 0 Å². The van der Waals surface area contributed by atoms with Gasteiger partial charge in [0.2, 0.25) is 0 Å². The molecule has 0 atom stereocenters. The maximum absolute atomic E-state index is 12.6. The minimum absolute atomic E-state index is 0.0662. The Kier molecular flexibility index (Phi) is 8.01. The Balaban J connectivity index is 1.40. The molecule has 1 fully saturated rings. The fourth-order valence-electron chi connectivity index (χ4n) is 3.90. The van der Waals surface area contributed by atoms with E-state index in [1.807, 2.05) is 30.1 Å². The molecule has 6 nitrogen and oxygen atoms in total. The number of rotatable bonds is 8. The summed E-state index contributed by atoms with van der Waals surface area (Å²) in [6.07, 6.45) is 0.903. The molecule has 1 aromatic heterocycles. The van der Waals surface area contributed by atoms with Crippen LogP contribution < -0.4 is 15.1 Å². The molecule has 0 radical (unpaired) electrons. The molecule has 2 aromatic rings. The third-order valence-corrected chi connectivity index (χ3v) is 6.93. The number of amides is 2. The summed E-state index contributed by atoms with van der Waals surface area (Å²) in [6.45, 7) is 9.57. The van der Waals surface area contributed by atoms with Gasteiger partial charge >= 0.3 is 0 Å². The molecule has 162 valence electrons. The average Bonchev–Trinajstić information content (AvgIpc) is 3.14. The fourth-order valence-corrected chi connectivity index (χ4v) is 4.86. The summed E-state index contributed by atoms with van der Waals surface area (Å²) >= 11 is 1.71. The van der Waals surface area contributed by atoms with Crippen molar-refractivity contribution in [2.45, 2.75) is 26.8 Å². The predicted molar refractivity (Wildman–Crippen MR) is 121 cm³/mol. The van der Waals surface area contributed by atoms with E-state index in [4.69, 9.17) is 0 Å². The van der Waals surface area contributed by atoms with Gasteiger partial charge < -0.3 is 20.0 Å². The standard InChI is InChI=1S/C23H32N4O2S/c1-4-19-7-5-6-8-20(19)24-22(28)16-26-10-12-27(13-11-26)17-23(29)25(3)15-21-18(2)9-14-30-21/h5-9,14H,4,10-13,15-17H2,1-3H3,(H,24,28)/p+2. The van der Waals surface area contributed by atoms with Gasteiger partial charge in [0.05, 0.1) is 6.54 Å². The Hall–Kier alpha value is -2.22. The van der Waals surface area contributed by atoms with Crippen molar-refractivity contribution in [1.82, 2.24) is 4.90 Å². The molecule has 0 unspecified atom stereocenters. The van der Waals surface area contributed by atoms with Gasteiger partial charge in [0.25, 0.3) is 11.8 Å². The van der Waals surface area contributed by atoms with Crippen LogP contribution in [0, 0.1) is 6.92 Å². The lowest BCUT2D eigenvalue weighted by atomic mass is 10.1. The summed E-state index contributed by atoms with van der Waals surface area (Å²) in [5.74, 6) is 0.256. The Morgan fingerprint density at radius 2 is 1.73 bits per heavy atom. The monoisotopic (exact) mass is 430 g/mol. The van der Waals surface area contributed by atoms with Gasteiger partial charge in [0.1, 0.15) is 26.2 Å². The van der Waals surface area contributed by atoms with Crippen molar-refractivity contribution in [3.05, 3.63) is 51.7 Å². The molecule has 7 heteroatoms. The third kappa shape index (κ3) is 6.14. The number of likely N-dealkylation sites (N-methyl/N-ethyl adjacent to an activating group) is 1. The molecular weight excluding hydrogens is 396 g/mol. The van der Waals surface area contributed by atoms with Crippen molar-refractivity contribution in [3.63, 3.8) is 0 Å². The van der Waals surface area contributed by atoms with Crippen molar-refractivity contribution in [1.29, 1.82) is 0 Å². The number of quaternary nitrogens is 2. The molecule has 0 spiro atoms. The van der Waals surface area contributed by atoms with E-state index >= 15 is 0 Å². The summed E-state index contributed by atoms with van der Waals surface area (Å²) in [5, 5.41) is 5.14. The van der Waals surface area contributed by atoms with Crippen molar-refractivity contribution < 1.29 is 19.4 Å². The van der Waals surface area contributed by atoms with Gasteiger partial charge in [-0.15, -0.1) is 11.3 Å². The van der Waals surface area contributed by atoms with Crippen molar-refractivity contribution in [2.75, 3.05) is 51.6 Å². The third-order valence-electron chi connectivity index (χ3n) is 5.92. The zero-order valence-corrected chi connectivity index (χ0v) is 19.1. The van der Waals surface area contributed by atoms with Gasteiger partial charge in [-0.3, -0.25) is 9.59 Å². The van der Waals surface area contributed by atoms with Crippen LogP contribution in [-0.2, 0) is 22.6 Å². The molecule has 1 saturated heterocycles. The highest BCUT2D eigenvalue weighted by atomic mass is 32.1. The summed E-state index contributed by atoms with van der Waals surface area (Å²) in [6, 6.07) is 10.1. The lowest BCUT2D eigenvalue weighted by Crippen LogP contribution is -3.28. The Bertz CT molecular complexity index is 858. The number of nitrogens with one attached hydrogen (secondary N) is 3. The van der Waals surface area contributed by atoms with Crippen LogP contribution in [0.15, 0.2) is 35.7 Å². The second kappa shape index (κ2) is 10.7. The van der Waals surface area contributed by atoms with Gasteiger partial charge in [0, 0.05) is 17.6 Å². The van der Waals surface area contributed by atoms with Gasteiger partial charge in [0.15, 0.2) is 13.1 Å². The fraction of sp³-hybridized carbons (Fsp3) is 0.478. The number of aryl methyl sites for hydroxylation is 2. The largest absolute Gasteiger partial charge is 0.336 e. The molecule has 3 N–H and O–H groups in total. The lowest BCUT2D eigenvalue weighted by molar-refractivity contribution is -1.00. The molecule has 0 bridgehead atoms. The van der Waals surface area contributed by atoms with Crippen LogP contribution in [0.2, 0.25) is 0 Å². The number of hydrogen-bond donors (Lipinski definition) is 3. The minimum atomic E-state index is 0.0662. The molecule has 2 amide bonds. The first-order valence-corrected chi connectivity index (χ1v) is 11.7. The van der Waals surface area contributed by atoms with E-state index in [-0.39, 0.29) is 11.8 Å². The summed E-state index contributed by atoms with van der Waals surface area (Å²) < 4.78 is 0. The number of thiophene rings is 1. The van der Waals surface area contributed by atoms with E-state index in [0.29, 0.717) is 19.6 Å². The second-order valence-corrected chi connectivity index (χ2v) is 9.19. The molecule has 2 heterocycles. The molecule has 1 aliphatic rings. The number of carbonyl (C=O) groups is 2. The zero-order valence-electron chi connectivity index (χ0n) is 18.3. The van der Waals surface area contributed by atoms with E-state index < -0.39 is 0 Å². The maximum atomic E-state index is 12.6. The number of para-hydroxylation sites is 1. The van der Waals surface area contributed by atoms with Crippen LogP contribution in [0.3, 0.4) is 0 Å². The van der Waals surface area contributed by atoms with Crippen LogP contribution >= 0.6 is 11.3 Å². The first-order valence-electron chi connectivity index (χ1n) is 10.8. The summed E-state index contributed by atoms with van der Waals surface area (Å²) in [7, 11) is 1.89. The van der Waals surface area contributed by atoms with Crippen molar-refractivity contribution >= 4 is 28.8 Å². The van der Waals surface area contributed by atoms with Gasteiger partial charge in [-0.05, 0) is 42.0 Å². The smallest absolute Gasteiger partial charge is 0.279 e. The SMILES string of the molecule is CCc1ccccc1NC(=O)C[NH+]1CC[NH+](CC(=O)N(C)Cc2sccc2C)CC1. The van der Waals surface area contributed by atoms with Crippen LogP contribution in [0.1, 0.15) is 22.9 Å². The van der Waals surface area contributed by atoms with E-state index in [1.54, 1.807) is 11.3 Å². The second-order valence-electron chi connectivity index (χ2n) is 8.19. The minimum Gasteiger partial charge on any atom is -0.336 e. The highest BCUT2D eigenvalue weighted by Gasteiger charge is 2.27. The van der Waals surface area contributed by atoms with Crippen molar-refractivity contribution in [3.8, 4) is 0 Å². The van der Waals surface area contributed by atoms with E-state index in [2.05, 4.69) is 36.7 Å². The normalized spacial score (nSPS) is 18.8. The molecular formula is C23H34N4O2S+2. The molecule has 0 aliphatic carbocycles. The number of nitrogens with zero attached hydrogens (tertiary/aromatic N) is 1. The highest BCUT2D eigenvalue weighted by molar-refractivity contribution is 7.10. The average molecular weight is 431 g/mol. The first-order chi connectivity index (χ1) is 14.5. The van der Waals surface area contributed by atoms with E-state index in [9.17, 15) is 9.59 Å². The summed E-state index contributed by atoms with van der Waals surface area (Å²) in [4.78, 5) is 30.8. The number of carbonyl (C=O) groups excluding carboxylic acids is 2. The topological polar surface area (TPSA) is 58.3 Å². The van der Waals surface area contributed by atoms with Crippen LogP contribution in [-0.4, -0.2) is 63.0 Å². The van der Waals surface area contributed by atoms with Gasteiger partial charge in [-0.1, -0.05) is 25.1 Å². The lowest BCUT2D eigenvalue weighted by Gasteiger charge is -2.30. The van der Waals surface area contributed by atoms with E-state index in [1.165, 1.54) is 20.2 Å². The van der Waals surface area contributed by atoms with Crippen molar-refractivity contribution in [2.24, 2.45) is 0 Å². The Labute approximate surface area is 183 Å². The van der Waals surface area contributed by atoms with Crippen LogP contribution in [0.4, 0.5) is 5.69 Å². The number of piperazine rings is 1. The Morgan fingerprint density at radius 1 is 1.07 bits per heavy atom. The highest BCUT2D eigenvalue weighted by Crippen LogP contribution is 2.17. The molecule has 1 aliphatic heterocycles. The summed E-state index contributed by atoms with van der Waals surface area (Å²) in [5.41, 5.74) is 3.34. The van der Waals surface area contributed by atoms with E-state index in [0.717, 1.165) is 43.9 Å². The van der Waals surface area contributed by atoms with Crippen LogP contribution in [0.5, 0.6) is 0 Å². The molecule has 30 heavy (non-hydrogen) atoms. The Morgan fingerprint density at radius 3 is 2.37 bits per heavy atom. The zero-order chi connectivity index (χ0) is 21.5. The molecule has 1 aromatic carbocycles. The molecule has 3 rings (SSSR count). The predicted octanol–water partition coefficient (Wildman–Crippen LogP) is -0.000580. The van der Waals surface area contributed by atoms with Crippen LogP contribution in [0.25, 0.3) is 0 Å². The maximum Gasteiger partial charge on any atom is 0.279 e.